The first-order valence-corrected chi connectivity index (χ1v) is 14.3. The number of ether oxygens (including phenoxy) is 1. The van der Waals surface area contributed by atoms with Crippen LogP contribution in [0, 0.1) is 25.7 Å². The first-order valence-electron chi connectivity index (χ1n) is 11.4. The zero-order chi connectivity index (χ0) is 24.3. The first kappa shape index (κ1) is 26.4. The second kappa shape index (κ2) is 10.4. The molecule has 0 unspecified atom stereocenters. The number of carbonyl (C=O) groups is 1. The van der Waals surface area contributed by atoms with Gasteiger partial charge in [-0.1, -0.05) is 52.8 Å². The number of aliphatic hydroxyl groups excluding tert-OH is 1. The number of aryl methyl sites for hydroxylation is 2. The molecule has 0 aliphatic rings. The fourth-order valence-electron chi connectivity index (χ4n) is 3.40. The molecule has 0 amide bonds. The molecule has 2 rings (SSSR count). The summed E-state index contributed by atoms with van der Waals surface area (Å²) in [5, 5.41) is 11.1. The minimum atomic E-state index is -2.15. The van der Waals surface area contributed by atoms with Crippen molar-refractivity contribution in [3.63, 3.8) is 0 Å². The molecule has 1 aromatic heterocycles. The number of carbonyl (C=O) groups excluding carboxylic acids is 1. The van der Waals surface area contributed by atoms with Crippen molar-refractivity contribution in [3.05, 3.63) is 59.0 Å². The number of furan rings is 1. The Balaban J connectivity index is 2.23. The van der Waals surface area contributed by atoms with Gasteiger partial charge in [0.1, 0.15) is 17.6 Å². The molecular formula is C26H40O5Si. The molecule has 0 radical (unpaired) electrons. The van der Waals surface area contributed by atoms with Crippen LogP contribution in [0.2, 0.25) is 18.1 Å². The van der Waals surface area contributed by atoms with Crippen molar-refractivity contribution in [2.24, 2.45) is 11.8 Å². The SMILES string of the molecule is Cc1cc([C@H](O)[C@H](C)[C@H](O[Si](C)(C)C(C)(C)C)[C@H](C)COC(=O)c2ccccc2)oc1C. The fraction of sp³-hybridized carbons (Fsp3) is 0.577. The lowest BCUT2D eigenvalue weighted by atomic mass is 9.88. The minimum Gasteiger partial charge on any atom is -0.463 e. The van der Waals surface area contributed by atoms with Crippen LogP contribution in [0.25, 0.3) is 0 Å². The molecule has 0 aliphatic carbocycles. The van der Waals surface area contributed by atoms with E-state index in [1.165, 1.54) is 0 Å². The highest BCUT2D eigenvalue weighted by atomic mass is 28.4. The summed E-state index contributed by atoms with van der Waals surface area (Å²) in [6, 6.07) is 10.9. The van der Waals surface area contributed by atoms with Crippen molar-refractivity contribution in [1.29, 1.82) is 0 Å². The number of rotatable bonds is 9. The van der Waals surface area contributed by atoms with Gasteiger partial charge < -0.3 is 18.7 Å². The highest BCUT2D eigenvalue weighted by Gasteiger charge is 2.43. The zero-order valence-electron chi connectivity index (χ0n) is 21.1. The van der Waals surface area contributed by atoms with E-state index in [0.717, 1.165) is 11.3 Å². The van der Waals surface area contributed by atoms with Gasteiger partial charge in [0.15, 0.2) is 8.32 Å². The molecule has 5 nitrogen and oxygen atoms in total. The predicted octanol–water partition coefficient (Wildman–Crippen LogP) is 6.45. The maximum atomic E-state index is 12.5. The fourth-order valence-corrected chi connectivity index (χ4v) is 4.89. The van der Waals surface area contributed by atoms with E-state index in [1.807, 2.05) is 52.0 Å². The van der Waals surface area contributed by atoms with E-state index in [-0.39, 0.29) is 35.6 Å². The maximum absolute atomic E-state index is 12.5. The average Bonchev–Trinajstić information content (AvgIpc) is 3.07. The van der Waals surface area contributed by atoms with Crippen molar-refractivity contribution >= 4 is 14.3 Å². The molecule has 2 aromatic rings. The summed E-state index contributed by atoms with van der Waals surface area (Å²) in [7, 11) is -2.15. The summed E-state index contributed by atoms with van der Waals surface area (Å²) < 4.78 is 18.2. The number of benzene rings is 1. The Morgan fingerprint density at radius 3 is 2.22 bits per heavy atom. The summed E-state index contributed by atoms with van der Waals surface area (Å²) in [6.07, 6.45) is -1.12. The molecule has 4 atom stereocenters. The van der Waals surface area contributed by atoms with Crippen LogP contribution < -0.4 is 0 Å². The van der Waals surface area contributed by atoms with E-state index in [2.05, 4.69) is 33.9 Å². The Hall–Kier alpha value is -1.89. The predicted molar refractivity (Wildman–Crippen MR) is 130 cm³/mol. The third kappa shape index (κ3) is 6.33. The van der Waals surface area contributed by atoms with Crippen LogP contribution in [0.15, 0.2) is 40.8 Å². The standard InChI is InChI=1S/C26H40O5Si/c1-17-15-22(30-20(17)4)23(27)19(3)24(31-32(8,9)26(5,6)7)18(2)16-29-25(28)21-13-11-10-12-14-21/h10-15,18-19,23-24,27H,16H2,1-9H3/t18-,19+,23-,24-/m1/s1. The van der Waals surface area contributed by atoms with Crippen molar-refractivity contribution in [2.75, 3.05) is 6.61 Å². The summed E-state index contributed by atoms with van der Waals surface area (Å²) in [5.74, 6) is 0.634. The van der Waals surface area contributed by atoms with Gasteiger partial charge in [0.25, 0.3) is 0 Å². The van der Waals surface area contributed by atoms with Crippen LogP contribution in [0.3, 0.4) is 0 Å². The van der Waals surface area contributed by atoms with Crippen LogP contribution in [-0.4, -0.2) is 32.1 Å². The molecule has 1 heterocycles. The first-order chi connectivity index (χ1) is 14.7. The van der Waals surface area contributed by atoms with Gasteiger partial charge >= 0.3 is 5.97 Å². The molecule has 0 fully saturated rings. The Kier molecular flexibility index (Phi) is 8.54. The van der Waals surface area contributed by atoms with Crippen molar-refractivity contribution in [2.45, 2.75) is 78.8 Å². The molecule has 6 heteroatoms. The summed E-state index contributed by atoms with van der Waals surface area (Å²) in [5.41, 5.74) is 1.54. The molecule has 0 bridgehead atoms. The van der Waals surface area contributed by atoms with Crippen LogP contribution in [0.5, 0.6) is 0 Å². The van der Waals surface area contributed by atoms with Gasteiger partial charge in [0.2, 0.25) is 0 Å². The normalized spacial score (nSPS) is 16.3. The lowest BCUT2D eigenvalue weighted by Gasteiger charge is -2.43. The lowest BCUT2D eigenvalue weighted by molar-refractivity contribution is -0.0263. The molecule has 32 heavy (non-hydrogen) atoms. The van der Waals surface area contributed by atoms with Gasteiger partial charge in [-0.15, -0.1) is 0 Å². The van der Waals surface area contributed by atoms with Crippen LogP contribution >= 0.6 is 0 Å². The Morgan fingerprint density at radius 2 is 1.72 bits per heavy atom. The summed E-state index contributed by atoms with van der Waals surface area (Å²) in [6.45, 7) is 19.0. The lowest BCUT2D eigenvalue weighted by Crippen LogP contribution is -2.49. The highest BCUT2D eigenvalue weighted by Crippen LogP contribution is 2.41. The van der Waals surface area contributed by atoms with Crippen LogP contribution in [0.1, 0.15) is 68.2 Å². The molecular weight excluding hydrogens is 420 g/mol. The Morgan fingerprint density at radius 1 is 1.12 bits per heavy atom. The summed E-state index contributed by atoms with van der Waals surface area (Å²) in [4.78, 5) is 12.5. The molecule has 178 valence electrons. The second-order valence-electron chi connectivity index (χ2n) is 10.5. The molecule has 0 spiro atoms. The van der Waals surface area contributed by atoms with E-state index in [9.17, 15) is 9.90 Å². The number of aliphatic hydroxyl groups is 1. The molecule has 0 saturated carbocycles. The number of hydrogen-bond acceptors (Lipinski definition) is 5. The van der Waals surface area contributed by atoms with Gasteiger partial charge in [-0.25, -0.2) is 4.79 Å². The van der Waals surface area contributed by atoms with Crippen molar-refractivity contribution < 1.29 is 23.5 Å². The topological polar surface area (TPSA) is 68.9 Å². The van der Waals surface area contributed by atoms with Gasteiger partial charge in [-0.05, 0) is 55.7 Å². The molecule has 1 aromatic carbocycles. The minimum absolute atomic E-state index is 0.00815. The smallest absolute Gasteiger partial charge is 0.338 e. The van der Waals surface area contributed by atoms with Crippen molar-refractivity contribution in [1.82, 2.24) is 0 Å². The Labute approximate surface area is 194 Å². The largest absolute Gasteiger partial charge is 0.463 e. The third-order valence-electron chi connectivity index (χ3n) is 6.78. The number of hydrogen-bond donors (Lipinski definition) is 1. The highest BCUT2D eigenvalue weighted by molar-refractivity contribution is 6.74. The second-order valence-corrected chi connectivity index (χ2v) is 15.2. The van der Waals surface area contributed by atoms with E-state index in [0.29, 0.717) is 11.3 Å². The number of esters is 1. The van der Waals surface area contributed by atoms with Gasteiger partial charge in [0.05, 0.1) is 18.3 Å². The van der Waals surface area contributed by atoms with Crippen molar-refractivity contribution in [3.8, 4) is 0 Å². The summed E-state index contributed by atoms with van der Waals surface area (Å²) >= 11 is 0. The zero-order valence-corrected chi connectivity index (χ0v) is 22.1. The van der Waals surface area contributed by atoms with E-state index < -0.39 is 14.4 Å². The van der Waals surface area contributed by atoms with E-state index >= 15 is 0 Å². The van der Waals surface area contributed by atoms with Gasteiger partial charge in [0, 0.05) is 11.8 Å². The Bertz CT molecular complexity index is 862. The van der Waals surface area contributed by atoms with Gasteiger partial charge in [-0.3, -0.25) is 0 Å². The van der Waals surface area contributed by atoms with Gasteiger partial charge in [-0.2, -0.15) is 0 Å². The molecule has 0 saturated heterocycles. The van der Waals surface area contributed by atoms with Crippen LogP contribution in [-0.2, 0) is 9.16 Å². The molecule has 1 N–H and O–H groups in total. The van der Waals surface area contributed by atoms with E-state index in [4.69, 9.17) is 13.6 Å². The van der Waals surface area contributed by atoms with E-state index in [1.54, 1.807) is 12.1 Å². The maximum Gasteiger partial charge on any atom is 0.338 e. The average molecular weight is 461 g/mol. The van der Waals surface area contributed by atoms with Crippen LogP contribution in [0.4, 0.5) is 0 Å². The third-order valence-corrected chi connectivity index (χ3v) is 11.3. The molecule has 0 aliphatic heterocycles. The monoisotopic (exact) mass is 460 g/mol. The quantitative estimate of drug-likeness (QED) is 0.344.